The maximum absolute atomic E-state index is 13.6. The molecule has 108 valence electrons. The number of halogens is 3. The Hall–Kier alpha value is -0.400. The Morgan fingerprint density at radius 2 is 2.11 bits per heavy atom. The van der Waals surface area contributed by atoms with E-state index in [1.54, 1.807) is 0 Å². The van der Waals surface area contributed by atoms with Gasteiger partial charge in [0.05, 0.1) is 0 Å². The summed E-state index contributed by atoms with van der Waals surface area (Å²) in [5.74, 6) is -0.793. The van der Waals surface area contributed by atoms with E-state index in [1.165, 1.54) is 10.4 Å². The van der Waals surface area contributed by atoms with E-state index in [9.17, 15) is 12.8 Å². The maximum Gasteiger partial charge on any atom is 0.246 e. The van der Waals surface area contributed by atoms with Gasteiger partial charge in [0.15, 0.2) is 0 Å². The first-order chi connectivity index (χ1) is 8.41. The zero-order chi connectivity index (χ0) is 13.3. The Kier molecular flexibility index (Phi) is 5.58. The summed E-state index contributed by atoms with van der Waals surface area (Å²) in [6.45, 7) is 0.580. The van der Waals surface area contributed by atoms with Crippen molar-refractivity contribution >= 4 is 34.0 Å². The Labute approximate surface area is 123 Å². The molecule has 2 rings (SSSR count). The quantitative estimate of drug-likeness (QED) is 0.903. The molecule has 1 aromatic carbocycles. The van der Waals surface area contributed by atoms with Gasteiger partial charge < -0.3 is 5.73 Å². The van der Waals surface area contributed by atoms with Crippen LogP contribution < -0.4 is 5.73 Å². The second-order valence-corrected chi connectivity index (χ2v) is 6.68. The standard InChI is InChI=1S/C11H14ClFN2O2S.ClH/c12-8-3-4-10(13)11(6-8)18(16,17)15-5-1-2-9(14)7-15;/h3-4,6,9H,1-2,5,7,14H2;1H/t9-;/m1./s1. The molecular weight excluding hydrogens is 314 g/mol. The van der Waals surface area contributed by atoms with E-state index in [0.717, 1.165) is 18.6 Å². The van der Waals surface area contributed by atoms with Gasteiger partial charge in [-0.2, -0.15) is 4.31 Å². The molecule has 0 aliphatic carbocycles. The minimum atomic E-state index is -3.85. The smallest absolute Gasteiger partial charge is 0.246 e. The molecule has 1 aliphatic heterocycles. The highest BCUT2D eigenvalue weighted by Crippen LogP contribution is 2.25. The molecule has 0 bridgehead atoms. The predicted molar refractivity (Wildman–Crippen MR) is 74.6 cm³/mol. The van der Waals surface area contributed by atoms with Crippen molar-refractivity contribution in [2.75, 3.05) is 13.1 Å². The van der Waals surface area contributed by atoms with Gasteiger partial charge in [0.2, 0.25) is 10.0 Å². The van der Waals surface area contributed by atoms with Crippen LogP contribution >= 0.6 is 24.0 Å². The first-order valence-corrected chi connectivity index (χ1v) is 7.44. The molecule has 4 nitrogen and oxygen atoms in total. The molecule has 8 heteroatoms. The van der Waals surface area contributed by atoms with Gasteiger partial charge in [-0.15, -0.1) is 12.4 Å². The number of benzene rings is 1. The van der Waals surface area contributed by atoms with Crippen LogP contribution in [0.15, 0.2) is 23.1 Å². The van der Waals surface area contributed by atoms with Gasteiger partial charge in [-0.25, -0.2) is 12.8 Å². The van der Waals surface area contributed by atoms with Crippen LogP contribution in [0.4, 0.5) is 4.39 Å². The molecule has 0 spiro atoms. The Morgan fingerprint density at radius 3 is 2.74 bits per heavy atom. The lowest BCUT2D eigenvalue weighted by atomic mass is 10.1. The van der Waals surface area contributed by atoms with Crippen molar-refractivity contribution in [1.82, 2.24) is 4.31 Å². The lowest BCUT2D eigenvalue weighted by Gasteiger charge is -2.29. The zero-order valence-corrected chi connectivity index (χ0v) is 12.4. The lowest BCUT2D eigenvalue weighted by molar-refractivity contribution is 0.315. The minimum Gasteiger partial charge on any atom is -0.327 e. The van der Waals surface area contributed by atoms with Crippen LogP contribution in [0, 0.1) is 5.82 Å². The fourth-order valence-corrected chi connectivity index (χ4v) is 3.87. The fourth-order valence-electron chi connectivity index (χ4n) is 2.01. The predicted octanol–water partition coefficient (Wildman–Crippen LogP) is 2.01. The van der Waals surface area contributed by atoms with Gasteiger partial charge in [0.1, 0.15) is 10.7 Å². The van der Waals surface area contributed by atoms with Gasteiger partial charge in [0.25, 0.3) is 0 Å². The van der Waals surface area contributed by atoms with Gasteiger partial charge in [-0.3, -0.25) is 0 Å². The molecule has 1 saturated heterocycles. The molecule has 1 aliphatic rings. The number of hydrogen-bond acceptors (Lipinski definition) is 3. The summed E-state index contributed by atoms with van der Waals surface area (Å²) in [4.78, 5) is -0.385. The zero-order valence-electron chi connectivity index (χ0n) is 10.1. The number of piperidine rings is 1. The van der Waals surface area contributed by atoms with Crippen molar-refractivity contribution < 1.29 is 12.8 Å². The molecule has 0 unspecified atom stereocenters. The number of nitrogens with zero attached hydrogens (tertiary/aromatic N) is 1. The second-order valence-electron chi connectivity index (χ2n) is 4.34. The van der Waals surface area contributed by atoms with Crippen LogP contribution in [0.25, 0.3) is 0 Å². The molecule has 19 heavy (non-hydrogen) atoms. The Bertz CT molecular complexity index is 554. The van der Waals surface area contributed by atoms with E-state index in [0.29, 0.717) is 13.0 Å². The first kappa shape index (κ1) is 16.7. The summed E-state index contributed by atoms with van der Waals surface area (Å²) in [5.41, 5.74) is 5.74. The third kappa shape index (κ3) is 3.58. The van der Waals surface area contributed by atoms with Crippen LogP contribution in [0.5, 0.6) is 0 Å². The van der Waals surface area contributed by atoms with E-state index < -0.39 is 15.8 Å². The summed E-state index contributed by atoms with van der Waals surface area (Å²) in [7, 11) is -3.85. The van der Waals surface area contributed by atoms with Crippen LogP contribution in [0.3, 0.4) is 0 Å². The number of rotatable bonds is 2. The van der Waals surface area contributed by atoms with E-state index in [2.05, 4.69) is 0 Å². The van der Waals surface area contributed by atoms with Crippen molar-refractivity contribution in [3.63, 3.8) is 0 Å². The van der Waals surface area contributed by atoms with Crippen LogP contribution in [-0.4, -0.2) is 31.9 Å². The highest BCUT2D eigenvalue weighted by atomic mass is 35.5. The van der Waals surface area contributed by atoms with Crippen molar-refractivity contribution in [3.05, 3.63) is 29.0 Å². The topological polar surface area (TPSA) is 63.4 Å². The molecule has 0 amide bonds. The van der Waals surface area contributed by atoms with Gasteiger partial charge in [-0.1, -0.05) is 11.6 Å². The van der Waals surface area contributed by atoms with E-state index in [-0.39, 0.29) is 34.9 Å². The third-order valence-electron chi connectivity index (χ3n) is 2.93. The number of nitrogens with two attached hydrogens (primary N) is 1. The summed E-state index contributed by atoms with van der Waals surface area (Å²) in [6, 6.07) is 3.30. The van der Waals surface area contributed by atoms with Crippen LogP contribution in [0.2, 0.25) is 5.02 Å². The molecule has 1 aromatic rings. The molecule has 1 atom stereocenters. The highest BCUT2D eigenvalue weighted by Gasteiger charge is 2.31. The van der Waals surface area contributed by atoms with Crippen molar-refractivity contribution in [2.24, 2.45) is 5.73 Å². The molecule has 0 radical (unpaired) electrons. The fraction of sp³-hybridized carbons (Fsp3) is 0.455. The lowest BCUT2D eigenvalue weighted by Crippen LogP contribution is -2.45. The van der Waals surface area contributed by atoms with Gasteiger partial charge in [0, 0.05) is 24.2 Å². The summed E-state index contributed by atoms with van der Waals surface area (Å²) >= 11 is 5.72. The number of hydrogen-bond donors (Lipinski definition) is 1. The van der Waals surface area contributed by atoms with E-state index in [1.807, 2.05) is 0 Å². The summed E-state index contributed by atoms with van der Waals surface area (Å²) < 4.78 is 39.4. The molecule has 1 heterocycles. The molecule has 1 fully saturated rings. The first-order valence-electron chi connectivity index (χ1n) is 5.62. The average Bonchev–Trinajstić information content (AvgIpc) is 2.32. The van der Waals surface area contributed by atoms with Gasteiger partial charge >= 0.3 is 0 Å². The van der Waals surface area contributed by atoms with Crippen LogP contribution in [0.1, 0.15) is 12.8 Å². The Balaban J connectivity index is 0.00000180. The average molecular weight is 329 g/mol. The van der Waals surface area contributed by atoms with Crippen molar-refractivity contribution in [3.8, 4) is 0 Å². The normalized spacial score (nSPS) is 20.9. The molecule has 0 saturated carbocycles. The minimum absolute atomic E-state index is 0. The molecular formula is C11H15Cl2FN2O2S. The molecule has 2 N–H and O–H groups in total. The number of sulfonamides is 1. The van der Waals surface area contributed by atoms with Crippen LogP contribution in [-0.2, 0) is 10.0 Å². The van der Waals surface area contributed by atoms with E-state index in [4.69, 9.17) is 17.3 Å². The molecule has 0 aromatic heterocycles. The van der Waals surface area contributed by atoms with Gasteiger partial charge in [-0.05, 0) is 31.0 Å². The monoisotopic (exact) mass is 328 g/mol. The summed E-state index contributed by atoms with van der Waals surface area (Å²) in [5, 5.41) is 0.191. The third-order valence-corrected chi connectivity index (χ3v) is 5.05. The maximum atomic E-state index is 13.6. The van der Waals surface area contributed by atoms with E-state index >= 15 is 0 Å². The summed E-state index contributed by atoms with van der Waals surface area (Å²) in [6.07, 6.45) is 1.46. The van der Waals surface area contributed by atoms with Crippen molar-refractivity contribution in [1.29, 1.82) is 0 Å². The van der Waals surface area contributed by atoms with Crippen molar-refractivity contribution in [2.45, 2.75) is 23.8 Å². The largest absolute Gasteiger partial charge is 0.327 e. The Morgan fingerprint density at radius 1 is 1.42 bits per heavy atom. The highest BCUT2D eigenvalue weighted by molar-refractivity contribution is 7.89. The SMILES string of the molecule is Cl.N[C@@H]1CCCN(S(=O)(=O)c2cc(Cl)ccc2F)C1. The second kappa shape index (κ2) is 6.37.